The Bertz CT molecular complexity index is 801. The lowest BCUT2D eigenvalue weighted by Gasteiger charge is -2.20. The number of aliphatic hydroxyl groups excluding tert-OH is 1. The van der Waals surface area contributed by atoms with Gasteiger partial charge in [-0.3, -0.25) is 4.79 Å². The molecule has 2 aromatic rings. The quantitative estimate of drug-likeness (QED) is 0.535. The molecular formula is C20H26N2O4S2. The number of aromatic nitrogens is 1. The molecule has 1 aromatic carbocycles. The molecule has 2 atom stereocenters. The van der Waals surface area contributed by atoms with Gasteiger partial charge in [0.2, 0.25) is 5.91 Å². The van der Waals surface area contributed by atoms with Crippen LogP contribution in [0.25, 0.3) is 0 Å². The minimum absolute atomic E-state index is 0.0341. The Kier molecular flexibility index (Phi) is 7.73. The van der Waals surface area contributed by atoms with Crippen LogP contribution in [0.15, 0.2) is 29.6 Å². The molecule has 1 saturated carbocycles. The zero-order valence-corrected chi connectivity index (χ0v) is 17.3. The Morgan fingerprint density at radius 1 is 1.29 bits per heavy atom. The summed E-state index contributed by atoms with van der Waals surface area (Å²) in [7, 11) is 0. The zero-order valence-electron chi connectivity index (χ0n) is 15.7. The molecule has 1 aliphatic carbocycles. The Morgan fingerprint density at radius 2 is 2.00 bits per heavy atom. The number of hydrogen-bond acceptors (Lipinski definition) is 5. The van der Waals surface area contributed by atoms with E-state index in [4.69, 9.17) is 9.66 Å². The van der Waals surface area contributed by atoms with Gasteiger partial charge in [0.25, 0.3) is 0 Å². The summed E-state index contributed by atoms with van der Waals surface area (Å²) >= 11 is -0.510. The summed E-state index contributed by atoms with van der Waals surface area (Å²) in [6.45, 7) is 0.0341. The first-order valence-electron chi connectivity index (χ1n) is 9.57. The highest BCUT2D eigenvalue weighted by Crippen LogP contribution is 2.35. The monoisotopic (exact) mass is 422 g/mol. The van der Waals surface area contributed by atoms with Crippen LogP contribution in [0.5, 0.6) is 0 Å². The van der Waals surface area contributed by atoms with E-state index < -0.39 is 11.1 Å². The third kappa shape index (κ3) is 5.94. The van der Waals surface area contributed by atoms with Crippen molar-refractivity contribution in [1.29, 1.82) is 0 Å². The number of amides is 1. The molecule has 6 nitrogen and oxygen atoms in total. The van der Waals surface area contributed by atoms with E-state index in [1.54, 1.807) is 0 Å². The SMILES string of the molecule is O=C(Nc1nc(CCO)cs1)C(CC1CCCC1)c1ccc(CS(=O)O)cc1. The number of carbonyl (C=O) groups is 1. The molecular weight excluding hydrogens is 396 g/mol. The standard InChI is InChI=1S/C20H26N2O4S2/c23-10-9-17-12-27-20(21-17)22-19(24)18(11-14-3-1-2-4-14)16-7-5-15(6-8-16)13-28(25)26/h5-8,12,14,18,23H,1-4,9-11,13H2,(H,25,26)(H,21,22,24). The minimum Gasteiger partial charge on any atom is -0.396 e. The summed E-state index contributed by atoms with van der Waals surface area (Å²) < 4.78 is 20.1. The van der Waals surface area contributed by atoms with Crippen LogP contribution >= 0.6 is 11.3 Å². The number of nitrogens with one attached hydrogen (secondary N) is 1. The highest BCUT2D eigenvalue weighted by atomic mass is 32.2. The first-order chi connectivity index (χ1) is 13.5. The average Bonchev–Trinajstić information content (AvgIpc) is 3.32. The maximum atomic E-state index is 13.0. The van der Waals surface area contributed by atoms with Crippen molar-refractivity contribution in [2.24, 2.45) is 5.92 Å². The van der Waals surface area contributed by atoms with E-state index in [0.717, 1.165) is 36.1 Å². The summed E-state index contributed by atoms with van der Waals surface area (Å²) in [5, 5.41) is 14.4. The van der Waals surface area contributed by atoms with Gasteiger partial charge >= 0.3 is 0 Å². The molecule has 3 rings (SSSR count). The lowest BCUT2D eigenvalue weighted by molar-refractivity contribution is -0.118. The van der Waals surface area contributed by atoms with Gasteiger partial charge in [0, 0.05) is 18.4 Å². The first kappa shape index (κ1) is 21.1. The van der Waals surface area contributed by atoms with E-state index in [2.05, 4.69) is 10.3 Å². The topological polar surface area (TPSA) is 99.5 Å². The van der Waals surface area contributed by atoms with Gasteiger partial charge in [-0.2, -0.15) is 0 Å². The van der Waals surface area contributed by atoms with E-state index >= 15 is 0 Å². The van der Waals surface area contributed by atoms with Crippen molar-refractivity contribution >= 4 is 33.5 Å². The first-order valence-corrected chi connectivity index (χ1v) is 11.7. The molecule has 1 aromatic heterocycles. The molecule has 2 unspecified atom stereocenters. The second kappa shape index (κ2) is 10.2. The molecule has 28 heavy (non-hydrogen) atoms. The van der Waals surface area contributed by atoms with E-state index in [1.807, 2.05) is 29.6 Å². The van der Waals surface area contributed by atoms with Crippen molar-refractivity contribution < 1.29 is 18.7 Å². The van der Waals surface area contributed by atoms with Gasteiger partial charge in [0.1, 0.15) is 0 Å². The van der Waals surface area contributed by atoms with Gasteiger partial charge in [0.15, 0.2) is 16.2 Å². The van der Waals surface area contributed by atoms with Crippen LogP contribution in [-0.4, -0.2) is 31.4 Å². The maximum Gasteiger partial charge on any atom is 0.233 e. The zero-order chi connectivity index (χ0) is 19.9. The lowest BCUT2D eigenvalue weighted by Crippen LogP contribution is -2.23. The molecule has 0 aliphatic heterocycles. The smallest absolute Gasteiger partial charge is 0.233 e. The number of hydrogen-bond donors (Lipinski definition) is 3. The summed E-state index contributed by atoms with van der Waals surface area (Å²) in [6, 6.07) is 7.42. The summed E-state index contributed by atoms with van der Waals surface area (Å²) in [5.41, 5.74) is 2.47. The number of carbonyl (C=O) groups excluding carboxylic acids is 1. The summed E-state index contributed by atoms with van der Waals surface area (Å²) in [4.78, 5) is 17.4. The third-order valence-electron chi connectivity index (χ3n) is 5.18. The molecule has 1 heterocycles. The molecule has 1 aliphatic rings. The second-order valence-electron chi connectivity index (χ2n) is 7.25. The average molecular weight is 423 g/mol. The fraction of sp³-hybridized carbons (Fsp3) is 0.500. The Balaban J connectivity index is 1.75. The molecule has 0 bridgehead atoms. The van der Waals surface area contributed by atoms with Crippen LogP contribution in [0.4, 0.5) is 5.13 Å². The molecule has 1 fully saturated rings. The minimum atomic E-state index is -1.88. The number of benzene rings is 1. The van der Waals surface area contributed by atoms with Crippen LogP contribution in [0.2, 0.25) is 0 Å². The number of thiazole rings is 1. The number of anilines is 1. The van der Waals surface area contributed by atoms with Crippen LogP contribution in [-0.2, 0) is 28.0 Å². The summed E-state index contributed by atoms with van der Waals surface area (Å²) in [5.74, 6) is 0.283. The van der Waals surface area contributed by atoms with Crippen molar-refractivity contribution in [2.75, 3.05) is 11.9 Å². The molecule has 0 radical (unpaired) electrons. The van der Waals surface area contributed by atoms with Crippen molar-refractivity contribution in [1.82, 2.24) is 4.98 Å². The number of aliphatic hydroxyl groups is 1. The van der Waals surface area contributed by atoms with E-state index in [9.17, 15) is 9.00 Å². The maximum absolute atomic E-state index is 13.0. The molecule has 1 amide bonds. The largest absolute Gasteiger partial charge is 0.396 e. The van der Waals surface area contributed by atoms with Gasteiger partial charge in [-0.25, -0.2) is 9.19 Å². The van der Waals surface area contributed by atoms with Crippen LogP contribution < -0.4 is 5.32 Å². The molecule has 8 heteroatoms. The Hall–Kier alpha value is -1.61. The van der Waals surface area contributed by atoms with Crippen LogP contribution in [0, 0.1) is 5.92 Å². The Labute approximate surface area is 171 Å². The summed E-state index contributed by atoms with van der Waals surface area (Å²) in [6.07, 6.45) is 6.03. The van der Waals surface area contributed by atoms with Crippen molar-refractivity contribution in [3.8, 4) is 0 Å². The number of nitrogens with zero attached hydrogens (tertiary/aromatic N) is 1. The second-order valence-corrected chi connectivity index (χ2v) is 9.04. The van der Waals surface area contributed by atoms with E-state index in [-0.39, 0.29) is 24.2 Å². The fourth-order valence-electron chi connectivity index (χ4n) is 3.75. The van der Waals surface area contributed by atoms with E-state index in [1.165, 1.54) is 24.2 Å². The van der Waals surface area contributed by atoms with Gasteiger partial charge in [0.05, 0.1) is 17.4 Å². The molecule has 3 N–H and O–H groups in total. The van der Waals surface area contributed by atoms with Gasteiger partial charge in [-0.05, 0) is 23.5 Å². The van der Waals surface area contributed by atoms with Crippen LogP contribution in [0.3, 0.4) is 0 Å². The highest BCUT2D eigenvalue weighted by Gasteiger charge is 2.27. The van der Waals surface area contributed by atoms with E-state index in [0.29, 0.717) is 17.5 Å². The predicted molar refractivity (Wildman–Crippen MR) is 112 cm³/mol. The molecule has 0 saturated heterocycles. The molecule has 152 valence electrons. The predicted octanol–water partition coefficient (Wildman–Crippen LogP) is 3.70. The van der Waals surface area contributed by atoms with Crippen molar-refractivity contribution in [2.45, 2.75) is 50.2 Å². The molecule has 0 spiro atoms. The third-order valence-corrected chi connectivity index (χ3v) is 6.57. The highest BCUT2D eigenvalue weighted by molar-refractivity contribution is 7.78. The van der Waals surface area contributed by atoms with Crippen molar-refractivity contribution in [3.63, 3.8) is 0 Å². The number of rotatable bonds is 9. The van der Waals surface area contributed by atoms with Crippen LogP contribution in [0.1, 0.15) is 54.8 Å². The van der Waals surface area contributed by atoms with Gasteiger partial charge in [-0.15, -0.1) is 11.3 Å². The fourth-order valence-corrected chi connectivity index (χ4v) is 4.97. The van der Waals surface area contributed by atoms with Gasteiger partial charge in [-0.1, -0.05) is 49.9 Å². The Morgan fingerprint density at radius 3 is 2.64 bits per heavy atom. The lowest BCUT2D eigenvalue weighted by atomic mass is 9.87. The normalized spacial score (nSPS) is 16.8. The van der Waals surface area contributed by atoms with Crippen molar-refractivity contribution in [3.05, 3.63) is 46.5 Å². The van der Waals surface area contributed by atoms with Gasteiger partial charge < -0.3 is 15.0 Å².